The van der Waals surface area contributed by atoms with E-state index in [-0.39, 0.29) is 11.9 Å². The molecule has 1 N–H and O–H groups in total. The van der Waals surface area contributed by atoms with E-state index in [0.717, 1.165) is 14.9 Å². The van der Waals surface area contributed by atoms with Crippen molar-refractivity contribution < 1.29 is 4.79 Å². The van der Waals surface area contributed by atoms with Crippen molar-refractivity contribution in [2.75, 3.05) is 0 Å². The van der Waals surface area contributed by atoms with Gasteiger partial charge in [-0.3, -0.25) is 4.79 Å². The van der Waals surface area contributed by atoms with Gasteiger partial charge in [-0.25, -0.2) is 0 Å². The van der Waals surface area contributed by atoms with Gasteiger partial charge in [-0.2, -0.15) is 0 Å². The Morgan fingerprint density at radius 3 is 2.89 bits per heavy atom. The number of benzene rings is 1. The predicted molar refractivity (Wildman–Crippen MR) is 84.1 cm³/mol. The lowest BCUT2D eigenvalue weighted by molar-refractivity contribution is -0.117. The van der Waals surface area contributed by atoms with Crippen molar-refractivity contribution in [3.05, 3.63) is 62.8 Å². The molecular formula is C15H14BrNOS. The van der Waals surface area contributed by atoms with Crippen LogP contribution in [-0.4, -0.2) is 5.91 Å². The monoisotopic (exact) mass is 335 g/mol. The van der Waals surface area contributed by atoms with E-state index in [1.54, 1.807) is 17.4 Å². The first-order valence-electron chi connectivity index (χ1n) is 5.93. The molecule has 0 aliphatic rings. The highest BCUT2D eigenvalue weighted by molar-refractivity contribution is 9.10. The van der Waals surface area contributed by atoms with Crippen molar-refractivity contribution in [1.82, 2.24) is 5.32 Å². The fourth-order valence-corrected chi connectivity index (χ4v) is 2.70. The van der Waals surface area contributed by atoms with Crippen LogP contribution in [0.3, 0.4) is 0 Å². The van der Waals surface area contributed by atoms with E-state index in [4.69, 9.17) is 0 Å². The quantitative estimate of drug-likeness (QED) is 0.824. The number of thiophene rings is 1. The van der Waals surface area contributed by atoms with Gasteiger partial charge in [0.05, 0.1) is 6.04 Å². The van der Waals surface area contributed by atoms with Gasteiger partial charge in [-0.1, -0.05) is 34.1 Å². The summed E-state index contributed by atoms with van der Waals surface area (Å²) in [6.45, 7) is 1.97. The Labute approximate surface area is 125 Å². The van der Waals surface area contributed by atoms with Crippen LogP contribution in [0.4, 0.5) is 0 Å². The van der Waals surface area contributed by atoms with Crippen LogP contribution >= 0.6 is 27.3 Å². The smallest absolute Gasteiger partial charge is 0.244 e. The molecule has 1 aromatic heterocycles. The standard InChI is InChI=1S/C15H14BrNOS/c1-11(12-4-2-5-13(16)10-12)17-15(18)8-7-14-6-3-9-19-14/h2-11H,1H3,(H,17,18)/b8-7-/t11-/m0/s1. The van der Waals surface area contributed by atoms with Crippen molar-refractivity contribution in [3.8, 4) is 0 Å². The van der Waals surface area contributed by atoms with Gasteiger partial charge in [-0.15, -0.1) is 11.3 Å². The van der Waals surface area contributed by atoms with Crippen LogP contribution in [-0.2, 0) is 4.79 Å². The number of amides is 1. The average Bonchev–Trinajstić information content (AvgIpc) is 2.89. The van der Waals surface area contributed by atoms with Crippen molar-refractivity contribution >= 4 is 39.2 Å². The molecule has 1 atom stereocenters. The number of carbonyl (C=O) groups excluding carboxylic acids is 1. The maximum atomic E-state index is 11.8. The zero-order valence-corrected chi connectivity index (χ0v) is 12.9. The van der Waals surface area contributed by atoms with Crippen LogP contribution in [0, 0.1) is 0 Å². The lowest BCUT2D eigenvalue weighted by Crippen LogP contribution is -2.24. The lowest BCUT2D eigenvalue weighted by atomic mass is 10.1. The van der Waals surface area contributed by atoms with E-state index >= 15 is 0 Å². The van der Waals surface area contributed by atoms with Crippen molar-refractivity contribution in [2.24, 2.45) is 0 Å². The van der Waals surface area contributed by atoms with Crippen LogP contribution in [0.15, 0.2) is 52.3 Å². The number of hydrogen-bond acceptors (Lipinski definition) is 2. The van der Waals surface area contributed by atoms with E-state index in [1.807, 2.05) is 54.8 Å². The molecule has 0 fully saturated rings. The van der Waals surface area contributed by atoms with Crippen LogP contribution in [0.2, 0.25) is 0 Å². The number of nitrogens with one attached hydrogen (secondary N) is 1. The summed E-state index contributed by atoms with van der Waals surface area (Å²) < 4.78 is 1.01. The van der Waals surface area contributed by atoms with Crippen LogP contribution in [0.5, 0.6) is 0 Å². The Kier molecular flexibility index (Phi) is 4.93. The molecule has 0 bridgehead atoms. The van der Waals surface area contributed by atoms with Gasteiger partial charge in [0, 0.05) is 15.4 Å². The minimum Gasteiger partial charge on any atom is -0.346 e. The Hall–Kier alpha value is -1.39. The van der Waals surface area contributed by atoms with Gasteiger partial charge in [-0.05, 0) is 42.1 Å². The van der Waals surface area contributed by atoms with Gasteiger partial charge in [0.15, 0.2) is 0 Å². The highest BCUT2D eigenvalue weighted by Crippen LogP contribution is 2.18. The number of halogens is 1. The fraction of sp³-hybridized carbons (Fsp3) is 0.133. The van der Waals surface area contributed by atoms with Crippen LogP contribution in [0.25, 0.3) is 6.08 Å². The van der Waals surface area contributed by atoms with E-state index in [0.29, 0.717) is 0 Å². The molecule has 98 valence electrons. The fourth-order valence-electron chi connectivity index (χ4n) is 1.66. The first-order chi connectivity index (χ1) is 9.15. The lowest BCUT2D eigenvalue weighted by Gasteiger charge is -2.13. The summed E-state index contributed by atoms with van der Waals surface area (Å²) in [6, 6.07) is 11.9. The van der Waals surface area contributed by atoms with E-state index in [2.05, 4.69) is 21.2 Å². The SMILES string of the molecule is C[C@H](NC(=O)/C=C\c1cccs1)c1cccc(Br)c1. The Morgan fingerprint density at radius 2 is 2.21 bits per heavy atom. The minimum atomic E-state index is -0.0825. The minimum absolute atomic E-state index is 0.0158. The Balaban J connectivity index is 1.95. The first kappa shape index (κ1) is 14.0. The van der Waals surface area contributed by atoms with E-state index < -0.39 is 0 Å². The molecule has 0 aliphatic carbocycles. The third kappa shape index (κ3) is 4.33. The van der Waals surface area contributed by atoms with Gasteiger partial charge in [0.25, 0.3) is 0 Å². The molecule has 0 radical (unpaired) electrons. The van der Waals surface area contributed by atoms with Gasteiger partial charge in [0.2, 0.25) is 5.91 Å². The Bertz CT molecular complexity index is 578. The third-order valence-corrected chi connectivity index (χ3v) is 3.98. The summed E-state index contributed by atoms with van der Waals surface area (Å²) in [4.78, 5) is 12.9. The highest BCUT2D eigenvalue weighted by Gasteiger charge is 2.07. The molecule has 19 heavy (non-hydrogen) atoms. The number of rotatable bonds is 4. The second-order valence-corrected chi connectivity index (χ2v) is 6.03. The number of carbonyl (C=O) groups is 1. The first-order valence-corrected chi connectivity index (χ1v) is 7.60. The summed E-state index contributed by atoms with van der Waals surface area (Å²) >= 11 is 5.04. The van der Waals surface area contributed by atoms with Gasteiger partial charge >= 0.3 is 0 Å². The normalized spacial score (nSPS) is 12.5. The molecule has 2 rings (SSSR count). The molecular weight excluding hydrogens is 322 g/mol. The number of hydrogen-bond donors (Lipinski definition) is 1. The van der Waals surface area contributed by atoms with E-state index in [9.17, 15) is 4.79 Å². The van der Waals surface area contributed by atoms with Crippen LogP contribution < -0.4 is 5.32 Å². The maximum absolute atomic E-state index is 11.8. The second-order valence-electron chi connectivity index (χ2n) is 4.13. The summed E-state index contributed by atoms with van der Waals surface area (Å²) in [5, 5.41) is 4.93. The van der Waals surface area contributed by atoms with Crippen molar-refractivity contribution in [1.29, 1.82) is 0 Å². The zero-order chi connectivity index (χ0) is 13.7. The topological polar surface area (TPSA) is 29.1 Å². The summed E-state index contributed by atoms with van der Waals surface area (Å²) in [5.74, 6) is -0.0825. The summed E-state index contributed by atoms with van der Waals surface area (Å²) in [5.41, 5.74) is 1.08. The highest BCUT2D eigenvalue weighted by atomic mass is 79.9. The van der Waals surface area contributed by atoms with E-state index in [1.165, 1.54) is 0 Å². The average molecular weight is 336 g/mol. The summed E-state index contributed by atoms with van der Waals surface area (Å²) in [7, 11) is 0. The van der Waals surface area contributed by atoms with Crippen molar-refractivity contribution in [2.45, 2.75) is 13.0 Å². The predicted octanol–water partition coefficient (Wildman–Crippen LogP) is 4.40. The second kappa shape index (κ2) is 6.68. The molecule has 0 unspecified atom stereocenters. The molecule has 0 aliphatic heterocycles. The zero-order valence-electron chi connectivity index (χ0n) is 10.5. The van der Waals surface area contributed by atoms with Crippen molar-refractivity contribution in [3.63, 3.8) is 0 Å². The molecule has 2 aromatic rings. The molecule has 0 saturated heterocycles. The molecule has 0 saturated carbocycles. The molecule has 1 aromatic carbocycles. The maximum Gasteiger partial charge on any atom is 0.244 e. The Morgan fingerprint density at radius 1 is 1.37 bits per heavy atom. The summed E-state index contributed by atoms with van der Waals surface area (Å²) in [6.07, 6.45) is 3.40. The largest absolute Gasteiger partial charge is 0.346 e. The molecule has 2 nitrogen and oxygen atoms in total. The van der Waals surface area contributed by atoms with Gasteiger partial charge in [0.1, 0.15) is 0 Å². The van der Waals surface area contributed by atoms with Gasteiger partial charge < -0.3 is 5.32 Å². The molecule has 1 heterocycles. The van der Waals surface area contributed by atoms with Crippen LogP contribution in [0.1, 0.15) is 23.4 Å². The molecule has 1 amide bonds. The molecule has 4 heteroatoms. The molecule has 0 spiro atoms. The third-order valence-electron chi connectivity index (χ3n) is 2.65.